The number of rotatable bonds is 9. The van der Waals surface area contributed by atoms with Gasteiger partial charge in [0, 0.05) is 17.8 Å². The van der Waals surface area contributed by atoms with Crippen molar-refractivity contribution >= 4 is 0 Å². The van der Waals surface area contributed by atoms with E-state index in [0.717, 1.165) is 21.3 Å². The molecule has 1 aliphatic heterocycles. The molecular weight excluding hydrogens is 514 g/mol. The van der Waals surface area contributed by atoms with E-state index >= 15 is 0 Å². The van der Waals surface area contributed by atoms with Crippen LogP contribution in [0.15, 0.2) is 112 Å². The first-order chi connectivity index (χ1) is 19.3. The number of hydrogen-bond acceptors (Lipinski definition) is 7. The predicted octanol–water partition coefficient (Wildman–Crippen LogP) is 3.92. The lowest BCUT2D eigenvalue weighted by atomic mass is 9.80. The minimum atomic E-state index is -1.16. The van der Waals surface area contributed by atoms with Gasteiger partial charge in [0.1, 0.15) is 11.4 Å². The summed E-state index contributed by atoms with van der Waals surface area (Å²) in [5.74, 6) is 0.668. The largest absolute Gasteiger partial charge is 0.497 e. The number of nitrogens with zero attached hydrogens (tertiary/aromatic N) is 2. The van der Waals surface area contributed by atoms with Crippen LogP contribution in [0.3, 0.4) is 0 Å². The fourth-order valence-electron chi connectivity index (χ4n) is 4.88. The van der Waals surface area contributed by atoms with Gasteiger partial charge in [-0.25, -0.2) is 4.79 Å². The Hall–Kier alpha value is -4.80. The molecule has 0 unspecified atom stereocenters. The molecule has 1 N–H and O–H groups in total. The molecule has 0 radical (unpaired) electrons. The standard InChI is InChI=1S/C30H27N3O7/c1-20-18-32(29(35)31-28(20)34)27-17-25(33(36)37)26(40-27)19-39-30(21-9-5-3-6-10-21,22-11-7-4-8-12-22)23-13-15-24(38-2)16-14-23/h3-18,26-27H,19H2,1-2H3,(H,31,34,35)/t26-,27-/m1/s1. The van der Waals surface area contributed by atoms with E-state index < -0.39 is 34.1 Å². The highest BCUT2D eigenvalue weighted by atomic mass is 16.6. The van der Waals surface area contributed by atoms with Crippen LogP contribution in [0, 0.1) is 17.0 Å². The van der Waals surface area contributed by atoms with E-state index in [1.807, 2.05) is 84.9 Å². The van der Waals surface area contributed by atoms with Crippen LogP contribution in [0.25, 0.3) is 0 Å². The maximum Gasteiger partial charge on any atom is 0.330 e. The van der Waals surface area contributed by atoms with Crippen LogP contribution in [0.5, 0.6) is 5.75 Å². The molecule has 2 atom stereocenters. The van der Waals surface area contributed by atoms with Gasteiger partial charge >= 0.3 is 5.69 Å². The third-order valence-electron chi connectivity index (χ3n) is 6.89. The minimum Gasteiger partial charge on any atom is -0.497 e. The summed E-state index contributed by atoms with van der Waals surface area (Å²) in [6, 6.07) is 26.6. The lowest BCUT2D eigenvalue weighted by molar-refractivity contribution is -0.435. The lowest BCUT2D eigenvalue weighted by Gasteiger charge is -2.36. The molecule has 204 valence electrons. The number of benzene rings is 3. The molecule has 2 heterocycles. The first-order valence-corrected chi connectivity index (χ1v) is 12.6. The third kappa shape index (κ3) is 4.97. The quantitative estimate of drug-likeness (QED) is 0.193. The van der Waals surface area contributed by atoms with Crippen LogP contribution in [0.2, 0.25) is 0 Å². The van der Waals surface area contributed by atoms with Crippen LogP contribution in [-0.4, -0.2) is 34.3 Å². The van der Waals surface area contributed by atoms with Crippen LogP contribution in [0.1, 0.15) is 28.5 Å². The van der Waals surface area contributed by atoms with Crippen molar-refractivity contribution < 1.29 is 19.1 Å². The molecule has 3 aromatic carbocycles. The molecule has 1 aliphatic rings. The van der Waals surface area contributed by atoms with Gasteiger partial charge in [0.05, 0.1) is 18.6 Å². The fraction of sp³-hybridized carbons (Fsp3) is 0.200. The molecule has 10 nitrogen and oxygen atoms in total. The lowest BCUT2D eigenvalue weighted by Crippen LogP contribution is -2.37. The van der Waals surface area contributed by atoms with E-state index in [-0.39, 0.29) is 17.9 Å². The molecule has 0 aliphatic carbocycles. The van der Waals surface area contributed by atoms with Gasteiger partial charge in [0.15, 0.2) is 12.3 Å². The Morgan fingerprint density at radius 3 is 2.08 bits per heavy atom. The highest BCUT2D eigenvalue weighted by molar-refractivity contribution is 5.48. The molecule has 5 rings (SSSR count). The van der Waals surface area contributed by atoms with Crippen molar-refractivity contribution in [1.29, 1.82) is 0 Å². The number of aryl methyl sites for hydroxylation is 1. The van der Waals surface area contributed by atoms with E-state index in [9.17, 15) is 19.7 Å². The normalized spacial score (nSPS) is 16.9. The van der Waals surface area contributed by atoms with Gasteiger partial charge < -0.3 is 14.2 Å². The van der Waals surface area contributed by atoms with Gasteiger partial charge in [-0.3, -0.25) is 24.5 Å². The first-order valence-electron chi connectivity index (χ1n) is 12.6. The molecule has 1 aromatic heterocycles. The number of hydrogen-bond donors (Lipinski definition) is 1. The van der Waals surface area contributed by atoms with Gasteiger partial charge in [0.2, 0.25) is 0 Å². The molecule has 0 fully saturated rings. The Bertz CT molecular complexity index is 1610. The average molecular weight is 542 g/mol. The topological polar surface area (TPSA) is 126 Å². The maximum absolute atomic E-state index is 12.5. The average Bonchev–Trinajstić information content (AvgIpc) is 3.41. The number of H-pyrrole nitrogens is 1. The molecule has 0 bridgehead atoms. The van der Waals surface area contributed by atoms with Crippen LogP contribution in [-0.2, 0) is 15.1 Å². The van der Waals surface area contributed by atoms with Crippen molar-refractivity contribution in [1.82, 2.24) is 9.55 Å². The first kappa shape index (κ1) is 26.8. The van der Waals surface area contributed by atoms with Gasteiger partial charge in [-0.2, -0.15) is 0 Å². The molecular formula is C30H27N3O7. The van der Waals surface area contributed by atoms with E-state index in [4.69, 9.17) is 14.2 Å². The van der Waals surface area contributed by atoms with E-state index in [1.54, 1.807) is 7.11 Å². The summed E-state index contributed by atoms with van der Waals surface area (Å²) in [5.41, 5.74) is -0.0194. The summed E-state index contributed by atoms with van der Waals surface area (Å²) in [7, 11) is 1.58. The van der Waals surface area contributed by atoms with Crippen LogP contribution in [0.4, 0.5) is 0 Å². The van der Waals surface area contributed by atoms with Crippen LogP contribution < -0.4 is 16.0 Å². The van der Waals surface area contributed by atoms with E-state index in [0.29, 0.717) is 5.75 Å². The SMILES string of the molecule is COc1ccc(C(OC[C@H]2O[C@@H](n3cc(C)c(=O)[nH]c3=O)C=C2[N+](=O)[O-])(c2ccccc2)c2ccccc2)cc1. The second-order valence-corrected chi connectivity index (χ2v) is 9.30. The van der Waals surface area contributed by atoms with Crippen molar-refractivity contribution in [3.05, 3.63) is 156 Å². The number of nitrogens with one attached hydrogen (secondary N) is 1. The molecule has 40 heavy (non-hydrogen) atoms. The minimum absolute atomic E-state index is 0.212. The maximum atomic E-state index is 12.5. The number of nitro groups is 1. The van der Waals surface area contributed by atoms with E-state index in [1.165, 1.54) is 19.2 Å². The number of ether oxygens (including phenoxy) is 3. The van der Waals surface area contributed by atoms with Gasteiger partial charge in [-0.05, 0) is 35.7 Å². The molecule has 0 saturated carbocycles. The van der Waals surface area contributed by atoms with Crippen molar-refractivity contribution in [2.45, 2.75) is 24.9 Å². The Morgan fingerprint density at radius 2 is 1.52 bits per heavy atom. The van der Waals surface area contributed by atoms with Crippen molar-refractivity contribution in [2.24, 2.45) is 0 Å². The van der Waals surface area contributed by atoms with Crippen LogP contribution >= 0.6 is 0 Å². The van der Waals surface area contributed by atoms with Gasteiger partial charge in [-0.15, -0.1) is 0 Å². The Morgan fingerprint density at radius 1 is 0.950 bits per heavy atom. The van der Waals surface area contributed by atoms with Crippen molar-refractivity contribution in [2.75, 3.05) is 13.7 Å². The third-order valence-corrected chi connectivity index (χ3v) is 6.89. The van der Waals surface area contributed by atoms with Gasteiger partial charge in [-0.1, -0.05) is 72.8 Å². The molecule has 0 spiro atoms. The number of methoxy groups -OCH3 is 1. The highest BCUT2D eigenvalue weighted by Gasteiger charge is 2.43. The smallest absolute Gasteiger partial charge is 0.330 e. The monoisotopic (exact) mass is 541 g/mol. The summed E-state index contributed by atoms with van der Waals surface area (Å²) < 4.78 is 19.2. The molecule has 4 aromatic rings. The zero-order chi connectivity index (χ0) is 28.3. The Labute approximate surface area is 229 Å². The predicted molar refractivity (Wildman–Crippen MR) is 147 cm³/mol. The zero-order valence-corrected chi connectivity index (χ0v) is 21.9. The van der Waals surface area contributed by atoms with Crippen molar-refractivity contribution in [3.63, 3.8) is 0 Å². The second kappa shape index (κ2) is 11.1. The molecule has 10 heteroatoms. The summed E-state index contributed by atoms with van der Waals surface area (Å²) in [4.78, 5) is 38.0. The van der Waals surface area contributed by atoms with Gasteiger partial charge in [0.25, 0.3) is 11.3 Å². The Balaban J connectivity index is 1.57. The summed E-state index contributed by atoms with van der Waals surface area (Å²) in [6.45, 7) is 1.32. The summed E-state index contributed by atoms with van der Waals surface area (Å²) >= 11 is 0. The van der Waals surface area contributed by atoms with E-state index in [2.05, 4.69) is 4.98 Å². The highest BCUT2D eigenvalue weighted by Crippen LogP contribution is 2.42. The second-order valence-electron chi connectivity index (χ2n) is 9.30. The molecule has 0 amide bonds. The number of aromatic amines is 1. The fourth-order valence-corrected chi connectivity index (χ4v) is 4.88. The Kier molecular flexibility index (Phi) is 7.45. The number of aromatic nitrogens is 2. The summed E-state index contributed by atoms with van der Waals surface area (Å²) in [6.07, 6.45) is 0.372. The molecule has 0 saturated heterocycles. The summed E-state index contributed by atoms with van der Waals surface area (Å²) in [5, 5.41) is 12.0. The zero-order valence-electron chi connectivity index (χ0n) is 21.9. The van der Waals surface area contributed by atoms with Crippen molar-refractivity contribution in [3.8, 4) is 5.75 Å².